The number of carbonyl (C=O) groups is 2. The van der Waals surface area contributed by atoms with Gasteiger partial charge in [0.05, 0.1) is 0 Å². The summed E-state index contributed by atoms with van der Waals surface area (Å²) in [4.78, 5) is 27.4. The van der Waals surface area contributed by atoms with Gasteiger partial charge in [-0.3, -0.25) is 9.80 Å². The van der Waals surface area contributed by atoms with Crippen LogP contribution in [0, 0.1) is 6.92 Å². The highest BCUT2D eigenvalue weighted by Gasteiger charge is 2.31. The lowest BCUT2D eigenvalue weighted by atomic mass is 10.1. The van der Waals surface area contributed by atoms with Crippen LogP contribution < -0.4 is 9.80 Å². The van der Waals surface area contributed by atoms with Gasteiger partial charge in [-0.25, -0.2) is 4.79 Å². The second-order valence-electron chi connectivity index (χ2n) is 6.30. The summed E-state index contributed by atoms with van der Waals surface area (Å²) >= 11 is 3.46. The van der Waals surface area contributed by atoms with Crippen molar-refractivity contribution < 1.29 is 14.3 Å². The molecule has 26 heavy (non-hydrogen) atoms. The smallest absolute Gasteiger partial charge is 0.329 e. The molecule has 0 aliphatic carbocycles. The Morgan fingerprint density at radius 2 is 1.85 bits per heavy atom. The molecule has 0 saturated carbocycles. The number of methoxy groups -OCH3 is 1. The number of hydrogen-bond donors (Lipinski definition) is 0. The van der Waals surface area contributed by atoms with Crippen LogP contribution in [0.2, 0.25) is 0 Å². The van der Waals surface area contributed by atoms with Gasteiger partial charge in [-0.1, -0.05) is 28.1 Å². The first-order valence-electron chi connectivity index (χ1n) is 8.45. The number of ether oxygens (including phenoxy) is 1. The van der Waals surface area contributed by atoms with Crippen LogP contribution in [-0.4, -0.2) is 38.6 Å². The molecule has 5 nitrogen and oxygen atoms in total. The molecule has 1 fully saturated rings. The number of nitrogens with zero attached hydrogens (tertiary/aromatic N) is 2. The number of amides is 2. The fourth-order valence-corrected chi connectivity index (χ4v) is 3.63. The lowest BCUT2D eigenvalue weighted by Crippen LogP contribution is -2.32. The number of aldehydes is 1. The average Bonchev–Trinajstić information content (AvgIpc) is 3.01. The topological polar surface area (TPSA) is 49.9 Å². The van der Waals surface area contributed by atoms with Crippen molar-refractivity contribution in [2.75, 3.05) is 30.0 Å². The van der Waals surface area contributed by atoms with E-state index < -0.39 is 6.10 Å². The summed E-state index contributed by atoms with van der Waals surface area (Å²) in [5, 5.41) is 0. The fraction of sp³-hybridized carbons (Fsp3) is 0.300. The van der Waals surface area contributed by atoms with Gasteiger partial charge in [0.2, 0.25) is 0 Å². The van der Waals surface area contributed by atoms with Crippen LogP contribution in [0.3, 0.4) is 0 Å². The SMILES string of the molecule is COC(C=O)Cc1ccc(N2CCN(c3ccc(Br)cc3C)C2=O)cc1. The van der Waals surface area contributed by atoms with Crippen LogP contribution in [-0.2, 0) is 16.0 Å². The third-order valence-electron chi connectivity index (χ3n) is 4.60. The maximum atomic E-state index is 12.9. The van der Waals surface area contributed by atoms with Crippen molar-refractivity contribution >= 4 is 39.6 Å². The number of benzene rings is 2. The van der Waals surface area contributed by atoms with Crippen molar-refractivity contribution in [1.29, 1.82) is 0 Å². The number of anilines is 2. The first kappa shape index (κ1) is 18.6. The molecule has 2 amide bonds. The molecule has 1 aliphatic heterocycles. The van der Waals surface area contributed by atoms with Gasteiger partial charge in [-0.2, -0.15) is 0 Å². The minimum Gasteiger partial charge on any atom is -0.374 e. The van der Waals surface area contributed by atoms with E-state index in [0.717, 1.165) is 33.3 Å². The van der Waals surface area contributed by atoms with Crippen LogP contribution in [0.5, 0.6) is 0 Å². The number of hydrogen-bond acceptors (Lipinski definition) is 3. The van der Waals surface area contributed by atoms with Crippen molar-refractivity contribution in [3.8, 4) is 0 Å². The Kier molecular flexibility index (Phi) is 5.74. The second-order valence-corrected chi connectivity index (χ2v) is 7.21. The third-order valence-corrected chi connectivity index (χ3v) is 5.09. The van der Waals surface area contributed by atoms with E-state index in [-0.39, 0.29) is 6.03 Å². The zero-order valence-electron chi connectivity index (χ0n) is 14.8. The maximum Gasteiger partial charge on any atom is 0.329 e. The van der Waals surface area contributed by atoms with Gasteiger partial charge in [-0.05, 0) is 48.4 Å². The summed E-state index contributed by atoms with van der Waals surface area (Å²) in [6.07, 6.45) is 0.888. The Morgan fingerprint density at radius 3 is 2.46 bits per heavy atom. The fourth-order valence-electron chi connectivity index (χ4n) is 3.15. The van der Waals surface area contributed by atoms with Crippen LogP contribution in [0.4, 0.5) is 16.2 Å². The van der Waals surface area contributed by atoms with Gasteiger partial charge in [-0.15, -0.1) is 0 Å². The lowest BCUT2D eigenvalue weighted by Gasteiger charge is -2.20. The van der Waals surface area contributed by atoms with Gasteiger partial charge < -0.3 is 9.53 Å². The third kappa shape index (κ3) is 3.81. The first-order valence-corrected chi connectivity index (χ1v) is 9.25. The number of halogens is 1. The normalized spacial score (nSPS) is 15.4. The summed E-state index contributed by atoms with van der Waals surface area (Å²) in [7, 11) is 1.52. The van der Waals surface area contributed by atoms with Crippen molar-refractivity contribution in [2.45, 2.75) is 19.4 Å². The van der Waals surface area contributed by atoms with E-state index in [4.69, 9.17) is 4.74 Å². The molecule has 3 rings (SSSR count). The molecule has 0 aromatic heterocycles. The first-order chi connectivity index (χ1) is 12.5. The highest BCUT2D eigenvalue weighted by molar-refractivity contribution is 9.10. The van der Waals surface area contributed by atoms with E-state index in [1.807, 2.05) is 54.3 Å². The molecule has 1 atom stereocenters. The molecule has 0 radical (unpaired) electrons. The highest BCUT2D eigenvalue weighted by atomic mass is 79.9. The van der Waals surface area contributed by atoms with Crippen LogP contribution >= 0.6 is 15.9 Å². The molecule has 1 heterocycles. The Balaban J connectivity index is 1.74. The molecule has 0 N–H and O–H groups in total. The minimum atomic E-state index is -0.440. The molecular weight excluding hydrogens is 396 g/mol. The van der Waals surface area contributed by atoms with Gasteiger partial charge in [0.25, 0.3) is 0 Å². The summed E-state index contributed by atoms with van der Waals surface area (Å²) in [5.41, 5.74) is 3.85. The van der Waals surface area contributed by atoms with Crippen LogP contribution in [0.25, 0.3) is 0 Å². The molecule has 2 aromatic carbocycles. The van der Waals surface area contributed by atoms with E-state index in [1.54, 1.807) is 4.90 Å². The van der Waals surface area contributed by atoms with E-state index in [2.05, 4.69) is 15.9 Å². The number of carbonyl (C=O) groups excluding carboxylic acids is 2. The standard InChI is InChI=1S/C20H21BrN2O3/c1-14-11-16(21)5-8-19(14)23-10-9-22(20(23)25)17-6-3-15(4-7-17)12-18(13-24)26-2/h3-8,11,13,18H,9-10,12H2,1-2H3. The van der Waals surface area contributed by atoms with Crippen molar-refractivity contribution in [2.24, 2.45) is 0 Å². The molecular formula is C20H21BrN2O3. The monoisotopic (exact) mass is 416 g/mol. The maximum absolute atomic E-state index is 12.9. The van der Waals surface area contributed by atoms with Gasteiger partial charge >= 0.3 is 6.03 Å². The summed E-state index contributed by atoms with van der Waals surface area (Å²) in [5.74, 6) is 0. The van der Waals surface area contributed by atoms with Crippen LogP contribution in [0.15, 0.2) is 46.9 Å². The zero-order valence-corrected chi connectivity index (χ0v) is 16.4. The number of urea groups is 1. The predicted octanol–water partition coefficient (Wildman–Crippen LogP) is 3.96. The molecule has 0 spiro atoms. The van der Waals surface area contributed by atoms with E-state index in [1.165, 1.54) is 7.11 Å². The summed E-state index contributed by atoms with van der Waals surface area (Å²) in [6, 6.07) is 13.6. The van der Waals surface area contributed by atoms with Gasteiger partial charge in [0, 0.05) is 42.5 Å². The van der Waals surface area contributed by atoms with Crippen molar-refractivity contribution in [1.82, 2.24) is 0 Å². The molecule has 1 unspecified atom stereocenters. The predicted molar refractivity (Wildman–Crippen MR) is 106 cm³/mol. The minimum absolute atomic E-state index is 0.0224. The van der Waals surface area contributed by atoms with E-state index in [9.17, 15) is 9.59 Å². The molecule has 136 valence electrons. The summed E-state index contributed by atoms with van der Waals surface area (Å²) < 4.78 is 6.09. The Bertz CT molecular complexity index is 807. The zero-order chi connectivity index (χ0) is 18.7. The van der Waals surface area contributed by atoms with Gasteiger partial charge in [0.15, 0.2) is 0 Å². The summed E-state index contributed by atoms with van der Waals surface area (Å²) in [6.45, 7) is 3.30. The average molecular weight is 417 g/mol. The second kappa shape index (κ2) is 8.01. The van der Waals surface area contributed by atoms with E-state index in [0.29, 0.717) is 19.5 Å². The van der Waals surface area contributed by atoms with Crippen molar-refractivity contribution in [3.63, 3.8) is 0 Å². The Labute approximate surface area is 161 Å². The molecule has 6 heteroatoms. The lowest BCUT2D eigenvalue weighted by molar-refractivity contribution is -0.116. The van der Waals surface area contributed by atoms with E-state index >= 15 is 0 Å². The Hall–Kier alpha value is -2.18. The molecule has 2 aromatic rings. The molecule has 1 aliphatic rings. The van der Waals surface area contributed by atoms with Crippen molar-refractivity contribution in [3.05, 3.63) is 58.1 Å². The van der Waals surface area contributed by atoms with Gasteiger partial charge in [0.1, 0.15) is 12.4 Å². The van der Waals surface area contributed by atoms with Crippen LogP contribution in [0.1, 0.15) is 11.1 Å². The molecule has 0 bridgehead atoms. The quantitative estimate of drug-likeness (QED) is 0.669. The molecule has 1 saturated heterocycles. The number of aryl methyl sites for hydroxylation is 1. The number of rotatable bonds is 6. The largest absolute Gasteiger partial charge is 0.374 e. The highest BCUT2D eigenvalue weighted by Crippen LogP contribution is 2.29. The Morgan fingerprint density at radius 1 is 1.15 bits per heavy atom.